The first-order valence-electron chi connectivity index (χ1n) is 10.9. The lowest BCUT2D eigenvalue weighted by molar-refractivity contribution is 0.0544. The number of methoxy groups -OCH3 is 1. The lowest BCUT2D eigenvalue weighted by atomic mass is 10.0. The lowest BCUT2D eigenvalue weighted by Gasteiger charge is -2.19. The molecule has 0 bridgehead atoms. The van der Waals surface area contributed by atoms with Gasteiger partial charge in [0.05, 0.1) is 12.6 Å². The maximum atomic E-state index is 12.8. The van der Waals surface area contributed by atoms with Crippen molar-refractivity contribution in [1.82, 2.24) is 14.5 Å². The largest absolute Gasteiger partial charge is 0.497 e. The molecule has 4 aromatic rings. The smallest absolute Gasteiger partial charge is 0.419 e. The number of aliphatic hydroxyl groups is 1. The number of ether oxygens (including phenoxy) is 2. The first kappa shape index (κ1) is 22.9. The minimum atomic E-state index is -0.843. The van der Waals surface area contributed by atoms with Crippen LogP contribution < -0.4 is 4.74 Å². The fourth-order valence-electron chi connectivity index (χ4n) is 4.00. The van der Waals surface area contributed by atoms with Gasteiger partial charge in [-0.3, -0.25) is 4.57 Å². The second-order valence-electron chi connectivity index (χ2n) is 9.60. The molecule has 2 aromatic carbocycles. The van der Waals surface area contributed by atoms with Crippen molar-refractivity contribution in [3.05, 3.63) is 65.5 Å². The Labute approximate surface area is 193 Å². The van der Waals surface area contributed by atoms with E-state index < -0.39 is 17.8 Å². The van der Waals surface area contributed by atoms with Gasteiger partial charge in [-0.15, -0.1) is 0 Å². The van der Waals surface area contributed by atoms with Gasteiger partial charge in [-0.25, -0.2) is 4.79 Å². The highest BCUT2D eigenvalue weighted by Crippen LogP contribution is 2.31. The van der Waals surface area contributed by atoms with E-state index in [9.17, 15) is 9.90 Å². The van der Waals surface area contributed by atoms with E-state index in [2.05, 4.69) is 4.98 Å². The summed E-state index contributed by atoms with van der Waals surface area (Å²) >= 11 is 0. The molecule has 0 aliphatic carbocycles. The van der Waals surface area contributed by atoms with Crippen LogP contribution in [0.5, 0.6) is 5.75 Å². The van der Waals surface area contributed by atoms with Crippen molar-refractivity contribution in [3.63, 3.8) is 0 Å². The molecule has 2 N–H and O–H groups in total. The quantitative estimate of drug-likeness (QED) is 0.445. The standard InChI is InChI=1S/C26H31N3O4/c1-26(2,3)33-25(31)29-15-18(14-28(4)5)20-12-16(7-10-23(20)29)24(30)22-13-17-11-19(32-6)8-9-21(17)27-22/h7-13,15,24,27,30H,14H2,1-6H3. The van der Waals surface area contributed by atoms with Gasteiger partial charge in [-0.1, -0.05) is 6.07 Å². The number of nitrogens with zero attached hydrogens (tertiary/aromatic N) is 2. The number of rotatable bonds is 5. The van der Waals surface area contributed by atoms with Crippen molar-refractivity contribution in [3.8, 4) is 5.75 Å². The summed E-state index contributed by atoms with van der Waals surface area (Å²) in [6.07, 6.45) is 0.560. The molecule has 0 aliphatic heterocycles. The summed E-state index contributed by atoms with van der Waals surface area (Å²) in [5, 5.41) is 13.0. The van der Waals surface area contributed by atoms with Crippen LogP contribution in [-0.2, 0) is 11.3 Å². The Balaban J connectivity index is 1.75. The average molecular weight is 450 g/mol. The van der Waals surface area contributed by atoms with E-state index in [4.69, 9.17) is 9.47 Å². The number of fused-ring (bicyclic) bond motifs is 2. The van der Waals surface area contributed by atoms with Crippen LogP contribution in [0.3, 0.4) is 0 Å². The maximum absolute atomic E-state index is 12.8. The van der Waals surface area contributed by atoms with Gasteiger partial charge in [0.15, 0.2) is 0 Å². The van der Waals surface area contributed by atoms with Gasteiger partial charge in [0, 0.05) is 34.7 Å². The number of benzene rings is 2. The van der Waals surface area contributed by atoms with E-state index in [1.54, 1.807) is 11.7 Å². The molecule has 7 heteroatoms. The number of H-pyrrole nitrogens is 1. The van der Waals surface area contributed by atoms with Gasteiger partial charge < -0.3 is 24.5 Å². The van der Waals surface area contributed by atoms with Crippen molar-refractivity contribution in [2.75, 3.05) is 21.2 Å². The first-order chi connectivity index (χ1) is 15.6. The minimum absolute atomic E-state index is 0.421. The molecule has 0 spiro atoms. The summed E-state index contributed by atoms with van der Waals surface area (Å²) in [7, 11) is 5.59. The molecule has 7 nitrogen and oxygen atoms in total. The van der Waals surface area contributed by atoms with Crippen molar-refractivity contribution >= 4 is 27.9 Å². The Morgan fingerprint density at radius 3 is 2.58 bits per heavy atom. The number of aromatic nitrogens is 2. The number of hydrogen-bond acceptors (Lipinski definition) is 5. The van der Waals surface area contributed by atoms with E-state index in [0.29, 0.717) is 12.2 Å². The van der Waals surface area contributed by atoms with E-state index >= 15 is 0 Å². The molecule has 1 unspecified atom stereocenters. The summed E-state index contributed by atoms with van der Waals surface area (Å²) in [4.78, 5) is 18.2. The van der Waals surface area contributed by atoms with Crippen LogP contribution in [0.4, 0.5) is 4.79 Å². The van der Waals surface area contributed by atoms with Gasteiger partial charge in [-0.2, -0.15) is 0 Å². The number of carbonyl (C=O) groups is 1. The van der Waals surface area contributed by atoms with E-state index in [0.717, 1.165) is 38.7 Å². The van der Waals surface area contributed by atoms with E-state index in [1.807, 2.05) is 88.4 Å². The number of carbonyl (C=O) groups excluding carboxylic acids is 1. The van der Waals surface area contributed by atoms with Crippen LogP contribution in [0.2, 0.25) is 0 Å². The summed E-state index contributed by atoms with van der Waals surface area (Å²) in [5.74, 6) is 0.765. The monoisotopic (exact) mass is 449 g/mol. The topological polar surface area (TPSA) is 79.7 Å². The summed E-state index contributed by atoms with van der Waals surface area (Å²) < 4.78 is 12.4. The molecule has 0 fully saturated rings. The molecule has 2 heterocycles. The molecule has 0 saturated heterocycles. The number of aromatic amines is 1. The second-order valence-corrected chi connectivity index (χ2v) is 9.60. The zero-order valence-electron chi connectivity index (χ0n) is 20.0. The second kappa shape index (κ2) is 8.57. The summed E-state index contributed by atoms with van der Waals surface area (Å²) in [6.45, 7) is 6.20. The molecular weight excluding hydrogens is 418 g/mol. The Morgan fingerprint density at radius 2 is 1.91 bits per heavy atom. The third-order valence-corrected chi connectivity index (χ3v) is 5.45. The van der Waals surface area contributed by atoms with Crippen molar-refractivity contribution < 1.29 is 19.4 Å². The molecule has 0 saturated carbocycles. The highest BCUT2D eigenvalue weighted by Gasteiger charge is 2.22. The van der Waals surface area contributed by atoms with Crippen molar-refractivity contribution in [1.29, 1.82) is 0 Å². The highest BCUT2D eigenvalue weighted by atomic mass is 16.6. The Bertz CT molecular complexity index is 1310. The Morgan fingerprint density at radius 1 is 1.15 bits per heavy atom. The van der Waals surface area contributed by atoms with Crippen LogP contribution in [-0.4, -0.2) is 52.5 Å². The van der Waals surface area contributed by atoms with Crippen LogP contribution in [0, 0.1) is 0 Å². The average Bonchev–Trinajstić information content (AvgIpc) is 3.32. The third-order valence-electron chi connectivity index (χ3n) is 5.45. The normalized spacial score (nSPS) is 13.1. The van der Waals surface area contributed by atoms with Gasteiger partial charge in [0.25, 0.3) is 0 Å². The number of nitrogens with one attached hydrogen (secondary N) is 1. The van der Waals surface area contributed by atoms with Gasteiger partial charge >= 0.3 is 6.09 Å². The van der Waals surface area contributed by atoms with E-state index in [-0.39, 0.29) is 0 Å². The van der Waals surface area contributed by atoms with Crippen molar-refractivity contribution in [2.24, 2.45) is 0 Å². The molecule has 0 amide bonds. The van der Waals surface area contributed by atoms with Crippen LogP contribution >= 0.6 is 0 Å². The predicted molar refractivity (Wildman–Crippen MR) is 130 cm³/mol. The molecule has 0 aliphatic rings. The molecule has 4 rings (SSSR count). The lowest BCUT2D eigenvalue weighted by Crippen LogP contribution is -2.26. The van der Waals surface area contributed by atoms with Crippen molar-refractivity contribution in [2.45, 2.75) is 39.0 Å². The number of aliphatic hydroxyl groups excluding tert-OH is 1. The van der Waals surface area contributed by atoms with Gasteiger partial charge in [0.1, 0.15) is 17.5 Å². The zero-order valence-corrected chi connectivity index (χ0v) is 20.0. The molecule has 174 valence electrons. The minimum Gasteiger partial charge on any atom is -0.497 e. The molecule has 2 aromatic heterocycles. The molecular formula is C26H31N3O4. The Kier molecular flexibility index (Phi) is 5.95. The van der Waals surface area contributed by atoms with E-state index in [1.165, 1.54) is 0 Å². The molecule has 33 heavy (non-hydrogen) atoms. The number of hydrogen-bond donors (Lipinski definition) is 2. The highest BCUT2D eigenvalue weighted by molar-refractivity contribution is 5.92. The predicted octanol–water partition coefficient (Wildman–Crippen LogP) is 5.06. The van der Waals surface area contributed by atoms with Gasteiger partial charge in [0.2, 0.25) is 0 Å². The fraction of sp³-hybridized carbons (Fsp3) is 0.346. The SMILES string of the molecule is COc1ccc2[nH]c(C(O)c3ccc4c(c3)c(CN(C)C)cn4C(=O)OC(C)(C)C)cc2c1. The molecule has 1 atom stereocenters. The van der Waals surface area contributed by atoms with Gasteiger partial charge in [-0.05, 0) is 82.4 Å². The summed E-state index contributed by atoms with van der Waals surface area (Å²) in [6, 6.07) is 13.3. The van der Waals surface area contributed by atoms with Crippen LogP contribution in [0.25, 0.3) is 21.8 Å². The zero-order chi connectivity index (χ0) is 23.9. The Hall–Kier alpha value is -3.29. The molecule has 0 radical (unpaired) electrons. The maximum Gasteiger partial charge on any atom is 0.419 e. The third kappa shape index (κ3) is 4.74. The first-order valence-corrected chi connectivity index (χ1v) is 10.9. The fourth-order valence-corrected chi connectivity index (χ4v) is 4.00. The van der Waals surface area contributed by atoms with Crippen LogP contribution in [0.1, 0.15) is 43.7 Å². The van der Waals surface area contributed by atoms with Crippen LogP contribution in [0.15, 0.2) is 48.7 Å². The summed E-state index contributed by atoms with van der Waals surface area (Å²) in [5.41, 5.74) is 3.50.